The van der Waals surface area contributed by atoms with Gasteiger partial charge in [0.2, 0.25) is 0 Å². The van der Waals surface area contributed by atoms with Crippen LogP contribution in [0.3, 0.4) is 0 Å². The van der Waals surface area contributed by atoms with Crippen LogP contribution in [0.25, 0.3) is 6.08 Å². The second kappa shape index (κ2) is 6.02. The van der Waals surface area contributed by atoms with E-state index < -0.39 is 11.2 Å². The lowest BCUT2D eigenvalue weighted by Gasteiger charge is -2.43. The molecule has 1 fully saturated rings. The first-order valence-electron chi connectivity index (χ1n) is 5.96. The fraction of sp³-hybridized carbons (Fsp3) is 0.500. The van der Waals surface area contributed by atoms with Crippen LogP contribution < -0.4 is 11.2 Å². The van der Waals surface area contributed by atoms with E-state index in [1.165, 1.54) is 10.8 Å². The van der Waals surface area contributed by atoms with Crippen LogP contribution in [0.15, 0.2) is 19.9 Å². The first kappa shape index (κ1) is 14.5. The molecule has 1 aliphatic carbocycles. The summed E-state index contributed by atoms with van der Waals surface area (Å²) in [6.45, 7) is -0.0841. The first-order valence-corrected chi connectivity index (χ1v) is 7.20. The third-order valence-electron chi connectivity index (χ3n) is 3.68. The number of aliphatic hydroxyl groups excluding tert-OH is 2. The fourth-order valence-corrected chi connectivity index (χ4v) is 2.90. The minimum atomic E-state index is -0.476. The summed E-state index contributed by atoms with van der Waals surface area (Å²) in [4.78, 5) is 25.7. The Labute approximate surface area is 122 Å². The van der Waals surface area contributed by atoms with Crippen molar-refractivity contribution in [2.75, 3.05) is 13.2 Å². The normalized spacial score (nSPS) is 26.6. The molecule has 0 radical (unpaired) electrons. The van der Waals surface area contributed by atoms with E-state index in [9.17, 15) is 14.7 Å². The molecule has 0 bridgehead atoms. The number of aromatic amines is 1. The Morgan fingerprint density at radius 3 is 2.74 bits per heavy atom. The molecule has 1 unspecified atom stereocenters. The molecule has 2 rings (SSSR count). The summed E-state index contributed by atoms with van der Waals surface area (Å²) in [5, 5.41) is 18.5. The predicted octanol–water partition coefficient (Wildman–Crippen LogP) is 0.104. The quantitative estimate of drug-likeness (QED) is 0.648. The van der Waals surface area contributed by atoms with E-state index in [1.807, 2.05) is 22.6 Å². The van der Waals surface area contributed by atoms with Crippen molar-refractivity contribution < 1.29 is 10.2 Å². The molecule has 1 aliphatic rings. The number of nitrogens with zero attached hydrogens (tertiary/aromatic N) is 1. The Hall–Kier alpha value is -0.930. The van der Waals surface area contributed by atoms with Gasteiger partial charge in [-0.2, -0.15) is 0 Å². The largest absolute Gasteiger partial charge is 0.396 e. The Morgan fingerprint density at radius 1 is 1.42 bits per heavy atom. The van der Waals surface area contributed by atoms with Crippen LogP contribution in [0.4, 0.5) is 0 Å². The van der Waals surface area contributed by atoms with Gasteiger partial charge in [0.1, 0.15) is 0 Å². The van der Waals surface area contributed by atoms with Crippen molar-refractivity contribution in [3.8, 4) is 0 Å². The molecule has 0 spiro atoms. The van der Waals surface area contributed by atoms with Gasteiger partial charge in [0.05, 0.1) is 5.56 Å². The van der Waals surface area contributed by atoms with Gasteiger partial charge in [-0.15, -0.1) is 0 Å². The SMILES string of the molecule is O=c1[nH]c(=O)n(C2C[C@H](CO)[C@H]2CO)cc1/C=C/I. The number of hydrogen-bond acceptors (Lipinski definition) is 4. The van der Waals surface area contributed by atoms with E-state index in [0.29, 0.717) is 12.0 Å². The number of H-pyrrole nitrogens is 1. The predicted molar refractivity (Wildman–Crippen MR) is 79.2 cm³/mol. The molecule has 0 aromatic carbocycles. The molecule has 1 heterocycles. The lowest BCUT2D eigenvalue weighted by Crippen LogP contribution is -2.47. The number of nitrogens with one attached hydrogen (secondary N) is 1. The fourth-order valence-electron chi connectivity index (χ4n) is 2.51. The second-order valence-electron chi connectivity index (χ2n) is 4.64. The maximum absolute atomic E-state index is 11.8. The van der Waals surface area contributed by atoms with E-state index in [-0.39, 0.29) is 31.1 Å². The molecule has 19 heavy (non-hydrogen) atoms. The smallest absolute Gasteiger partial charge is 0.328 e. The van der Waals surface area contributed by atoms with Crippen LogP contribution in [-0.2, 0) is 0 Å². The lowest BCUT2D eigenvalue weighted by atomic mass is 9.70. The summed E-state index contributed by atoms with van der Waals surface area (Å²) in [7, 11) is 0. The van der Waals surface area contributed by atoms with Gasteiger partial charge in [-0.3, -0.25) is 14.3 Å². The minimum absolute atomic E-state index is 0.000338. The third kappa shape index (κ3) is 2.67. The van der Waals surface area contributed by atoms with Crippen LogP contribution in [-0.4, -0.2) is 33.0 Å². The van der Waals surface area contributed by atoms with Gasteiger partial charge in [0.15, 0.2) is 0 Å². The molecule has 3 N–H and O–H groups in total. The van der Waals surface area contributed by atoms with E-state index >= 15 is 0 Å². The van der Waals surface area contributed by atoms with Gasteiger partial charge in [-0.05, 0) is 22.5 Å². The van der Waals surface area contributed by atoms with Gasteiger partial charge in [0, 0.05) is 31.4 Å². The molecule has 3 atom stereocenters. The number of aliphatic hydroxyl groups is 2. The molecular formula is C12H15IN2O4. The summed E-state index contributed by atoms with van der Waals surface area (Å²) >= 11 is 2.00. The highest BCUT2D eigenvalue weighted by Crippen LogP contribution is 2.42. The minimum Gasteiger partial charge on any atom is -0.396 e. The number of hydrogen-bond donors (Lipinski definition) is 3. The van der Waals surface area contributed by atoms with Gasteiger partial charge in [-0.25, -0.2) is 4.79 Å². The Morgan fingerprint density at radius 2 is 2.16 bits per heavy atom. The van der Waals surface area contributed by atoms with E-state index in [0.717, 1.165) is 0 Å². The van der Waals surface area contributed by atoms with Crippen LogP contribution in [0.2, 0.25) is 0 Å². The molecule has 7 heteroatoms. The summed E-state index contributed by atoms with van der Waals surface area (Å²) in [6.07, 6.45) is 3.75. The summed E-state index contributed by atoms with van der Waals surface area (Å²) in [5.74, 6) is -0.137. The van der Waals surface area contributed by atoms with E-state index in [1.54, 1.807) is 10.2 Å². The Bertz CT molecular complexity index is 592. The highest BCUT2D eigenvalue weighted by atomic mass is 127. The average molecular weight is 378 g/mol. The molecule has 0 saturated heterocycles. The van der Waals surface area contributed by atoms with Gasteiger partial charge in [0.25, 0.3) is 5.56 Å². The van der Waals surface area contributed by atoms with E-state index in [4.69, 9.17) is 5.11 Å². The molecule has 104 valence electrons. The summed E-state index contributed by atoms with van der Waals surface area (Å²) in [6, 6.07) is -0.173. The van der Waals surface area contributed by atoms with Crippen molar-refractivity contribution >= 4 is 28.7 Å². The third-order valence-corrected chi connectivity index (χ3v) is 4.04. The molecule has 0 amide bonds. The maximum atomic E-state index is 11.8. The van der Waals surface area contributed by atoms with Crippen molar-refractivity contribution in [1.29, 1.82) is 0 Å². The average Bonchev–Trinajstić information content (AvgIpc) is 2.34. The number of halogens is 1. The number of rotatable bonds is 4. The van der Waals surface area contributed by atoms with Crippen molar-refractivity contribution in [2.24, 2.45) is 11.8 Å². The highest BCUT2D eigenvalue weighted by molar-refractivity contribution is 14.1. The monoisotopic (exact) mass is 378 g/mol. The number of aromatic nitrogens is 2. The zero-order chi connectivity index (χ0) is 14.0. The zero-order valence-corrected chi connectivity index (χ0v) is 12.3. The van der Waals surface area contributed by atoms with Crippen LogP contribution in [0, 0.1) is 11.8 Å². The van der Waals surface area contributed by atoms with Crippen molar-refractivity contribution in [3.05, 3.63) is 36.7 Å². The van der Waals surface area contributed by atoms with E-state index in [2.05, 4.69) is 4.98 Å². The van der Waals surface area contributed by atoms with Crippen molar-refractivity contribution in [1.82, 2.24) is 9.55 Å². The molecular weight excluding hydrogens is 363 g/mol. The van der Waals surface area contributed by atoms with Crippen LogP contribution in [0.1, 0.15) is 18.0 Å². The lowest BCUT2D eigenvalue weighted by molar-refractivity contribution is -0.00876. The molecule has 1 aromatic rings. The topological polar surface area (TPSA) is 95.3 Å². The molecule has 1 saturated carbocycles. The van der Waals surface area contributed by atoms with Gasteiger partial charge in [-0.1, -0.05) is 22.6 Å². The van der Waals surface area contributed by atoms with Crippen molar-refractivity contribution in [3.63, 3.8) is 0 Å². The Kier molecular flexibility index (Phi) is 4.58. The highest BCUT2D eigenvalue weighted by Gasteiger charge is 2.41. The van der Waals surface area contributed by atoms with Crippen LogP contribution >= 0.6 is 22.6 Å². The first-order chi connectivity index (χ1) is 9.12. The van der Waals surface area contributed by atoms with Gasteiger partial charge < -0.3 is 10.2 Å². The molecule has 0 aliphatic heterocycles. The zero-order valence-electron chi connectivity index (χ0n) is 10.1. The summed E-state index contributed by atoms with van der Waals surface area (Å²) in [5.41, 5.74) is -0.499. The summed E-state index contributed by atoms with van der Waals surface area (Å²) < 4.78 is 3.14. The van der Waals surface area contributed by atoms with Gasteiger partial charge >= 0.3 is 5.69 Å². The molecule has 6 nitrogen and oxygen atoms in total. The van der Waals surface area contributed by atoms with Crippen molar-refractivity contribution in [2.45, 2.75) is 12.5 Å². The maximum Gasteiger partial charge on any atom is 0.328 e. The standard InChI is InChI=1S/C12H15IN2O4/c13-2-1-7-4-15(12(19)14-11(7)18)10-3-8(5-16)9(10)6-17/h1-2,4,8-10,16-17H,3,5-6H2,(H,14,18,19)/b2-1+/t8-,9-,10?/m1/s1. The second-order valence-corrected chi connectivity index (χ2v) is 5.35. The van der Waals surface area contributed by atoms with Crippen LogP contribution in [0.5, 0.6) is 0 Å². The molecule has 1 aromatic heterocycles. The Balaban J connectivity index is 2.38.